The lowest BCUT2D eigenvalue weighted by Gasteiger charge is -2.32. The molecule has 1 N–H and O–H groups in total. The lowest BCUT2D eigenvalue weighted by Crippen LogP contribution is -2.44. The Bertz CT molecular complexity index is 916. The highest BCUT2D eigenvalue weighted by molar-refractivity contribution is 7.89. The van der Waals surface area contributed by atoms with E-state index in [0.29, 0.717) is 13.5 Å². The van der Waals surface area contributed by atoms with Gasteiger partial charge in [-0.2, -0.15) is 39.5 Å². The van der Waals surface area contributed by atoms with Crippen LogP contribution in [0.5, 0.6) is 0 Å². The van der Waals surface area contributed by atoms with E-state index in [-0.39, 0.29) is 19.9 Å². The molecule has 0 amide bonds. The van der Waals surface area contributed by atoms with Gasteiger partial charge in [0.2, 0.25) is 15.7 Å². The second kappa shape index (κ2) is 14.8. The first-order chi connectivity index (χ1) is 18.4. The van der Waals surface area contributed by atoms with E-state index < -0.39 is 108 Å². The van der Waals surface area contributed by atoms with E-state index in [2.05, 4.69) is 0 Å². The first-order valence-electron chi connectivity index (χ1n) is 12.7. The van der Waals surface area contributed by atoms with Crippen LogP contribution >= 0.6 is 0 Å². The Labute approximate surface area is 235 Å². The summed E-state index contributed by atoms with van der Waals surface area (Å²) in [5, 5.41) is 0. The molecule has 19 heteroatoms. The van der Waals surface area contributed by atoms with Gasteiger partial charge in [-0.15, -0.1) is 0 Å². The summed E-state index contributed by atoms with van der Waals surface area (Å²) in [6, 6.07) is 0. The van der Waals surface area contributed by atoms with E-state index in [1.165, 1.54) is 0 Å². The van der Waals surface area contributed by atoms with E-state index in [0.717, 1.165) is 0 Å². The Kier molecular flexibility index (Phi) is 14.4. The van der Waals surface area contributed by atoms with Gasteiger partial charge in [0.05, 0.1) is 30.4 Å². The van der Waals surface area contributed by atoms with Crippen molar-refractivity contribution in [2.24, 2.45) is 17.8 Å². The van der Waals surface area contributed by atoms with Crippen LogP contribution in [-0.4, -0.2) is 82.3 Å². The molecule has 0 aliphatic rings. The minimum absolute atomic E-state index is 0.145. The molecule has 0 aromatic rings. The molecule has 4 nitrogen and oxygen atoms in total. The average molecular weight is 671 g/mol. The number of sulfonamides is 1. The lowest BCUT2D eigenvalue weighted by atomic mass is 9.83. The Hall–Kier alpha value is -1.11. The first kappa shape index (κ1) is 40.9. The zero-order valence-corrected chi connectivity index (χ0v) is 24.1. The summed E-state index contributed by atoms with van der Waals surface area (Å²) in [6.07, 6.45) is -27.7. The highest BCUT2D eigenvalue weighted by atomic mass is 32.2. The number of nitrogens with one attached hydrogen (secondary N) is 1. The smallest absolute Gasteiger partial charge is 0.309 e. The van der Waals surface area contributed by atoms with E-state index >= 15 is 0 Å². The van der Waals surface area contributed by atoms with Gasteiger partial charge in [-0.1, -0.05) is 6.92 Å². The van der Waals surface area contributed by atoms with Gasteiger partial charge in [-0.05, 0) is 59.2 Å². The maximum absolute atomic E-state index is 14.2. The quantitative estimate of drug-likeness (QED) is 0.120. The lowest BCUT2D eigenvalue weighted by molar-refractivity contribution is -0.249. The summed E-state index contributed by atoms with van der Waals surface area (Å²) in [6.45, 7) is 0.691. The van der Waals surface area contributed by atoms with Crippen molar-refractivity contribution in [1.82, 2.24) is 9.62 Å². The van der Waals surface area contributed by atoms with Crippen LogP contribution in [0.1, 0.15) is 58.8 Å². The topological polar surface area (TPSA) is 49.4 Å². The summed E-state index contributed by atoms with van der Waals surface area (Å²) in [5.41, 5.74) is -4.55. The molecule has 0 aliphatic heterocycles. The van der Waals surface area contributed by atoms with Crippen molar-refractivity contribution in [2.45, 2.75) is 94.8 Å². The second-order valence-corrected chi connectivity index (χ2v) is 13.1. The van der Waals surface area contributed by atoms with Crippen molar-refractivity contribution in [1.29, 1.82) is 0 Å². The Morgan fingerprint density at radius 2 is 1.24 bits per heavy atom. The van der Waals surface area contributed by atoms with Crippen molar-refractivity contribution in [3.05, 3.63) is 0 Å². The van der Waals surface area contributed by atoms with Gasteiger partial charge in [-0.25, -0.2) is 35.1 Å². The summed E-state index contributed by atoms with van der Waals surface area (Å²) in [5.74, 6) is -18.3. The molecule has 0 heterocycles. The van der Waals surface area contributed by atoms with Gasteiger partial charge in [-0.3, -0.25) is 0 Å². The summed E-state index contributed by atoms with van der Waals surface area (Å²) >= 11 is 0. The molecule has 0 spiro atoms. The Balaban J connectivity index is 5.51. The van der Waals surface area contributed by atoms with Gasteiger partial charge < -0.3 is 4.90 Å². The van der Waals surface area contributed by atoms with Crippen LogP contribution in [0.25, 0.3) is 0 Å². The molecule has 0 saturated carbocycles. The number of rotatable bonds is 18. The molecule has 0 aromatic carbocycles. The molecular formula is C23H36F14N2O2S. The molecule has 0 rings (SSSR count). The Morgan fingerprint density at radius 1 is 0.738 bits per heavy atom. The van der Waals surface area contributed by atoms with Gasteiger partial charge >= 0.3 is 18.5 Å². The van der Waals surface area contributed by atoms with Crippen molar-refractivity contribution in [2.75, 3.05) is 32.9 Å². The Morgan fingerprint density at radius 3 is 1.67 bits per heavy atom. The third-order valence-corrected chi connectivity index (χ3v) is 7.78. The molecule has 4 atom stereocenters. The summed E-state index contributed by atoms with van der Waals surface area (Å²) in [7, 11) is -0.956. The van der Waals surface area contributed by atoms with Crippen LogP contribution in [0.15, 0.2) is 0 Å². The molecular weight excluding hydrogens is 634 g/mol. The number of hydrogen-bond acceptors (Lipinski definition) is 3. The molecule has 254 valence electrons. The minimum Gasteiger partial charge on any atom is -0.309 e. The molecule has 0 aromatic heterocycles. The van der Waals surface area contributed by atoms with Crippen LogP contribution in [0, 0.1) is 17.8 Å². The monoisotopic (exact) mass is 670 g/mol. The number of nitrogens with zero attached hydrogens (tertiary/aromatic N) is 1. The van der Waals surface area contributed by atoms with E-state index in [9.17, 15) is 69.9 Å². The predicted octanol–water partition coefficient (Wildman–Crippen LogP) is 7.75. The molecule has 0 saturated heterocycles. The van der Waals surface area contributed by atoms with E-state index in [4.69, 9.17) is 0 Å². The van der Waals surface area contributed by atoms with Crippen molar-refractivity contribution < 1.29 is 69.9 Å². The fourth-order valence-electron chi connectivity index (χ4n) is 4.29. The number of halogens is 14. The van der Waals surface area contributed by atoms with E-state index in [1.54, 1.807) is 19.0 Å². The van der Waals surface area contributed by atoms with Gasteiger partial charge in [0.1, 0.15) is 0 Å². The number of alkyl halides is 14. The zero-order chi connectivity index (χ0) is 33.6. The SMILES string of the molecule is CC(CC(CC(CCS(=O)(=O)NCCCN(C)C)C(F)(F)F)C(F)(F)F)CC(F)(F)CC(F)(F)CC(C)(F)C(F)(F)F. The maximum atomic E-state index is 14.2. The summed E-state index contributed by atoms with van der Waals surface area (Å²) < 4.78 is 215. The normalized spacial score (nSPS) is 18.2. The van der Waals surface area contributed by atoms with Crippen LogP contribution in [0.3, 0.4) is 0 Å². The third-order valence-electron chi connectivity index (χ3n) is 6.37. The average Bonchev–Trinajstić information content (AvgIpc) is 2.68. The number of hydrogen-bond donors (Lipinski definition) is 1. The fourth-order valence-corrected chi connectivity index (χ4v) is 5.49. The van der Waals surface area contributed by atoms with Crippen LogP contribution in [-0.2, 0) is 10.0 Å². The predicted molar refractivity (Wildman–Crippen MR) is 126 cm³/mol. The molecule has 4 unspecified atom stereocenters. The van der Waals surface area contributed by atoms with Crippen molar-refractivity contribution >= 4 is 10.0 Å². The van der Waals surface area contributed by atoms with Crippen LogP contribution < -0.4 is 4.72 Å². The molecule has 0 bridgehead atoms. The fraction of sp³-hybridized carbons (Fsp3) is 1.00. The highest BCUT2D eigenvalue weighted by Crippen LogP contribution is 2.47. The molecule has 0 radical (unpaired) electrons. The largest absolute Gasteiger partial charge is 0.422 e. The standard InChI is InChI=1S/C23H36F14N2O2S/c1-15(12-19(25,26)14-20(27,28)13-18(2,24)23(35,36)37)10-17(22(32,33)34)11-16(21(29,30)31)6-9-42(40,41)38-7-5-8-39(3)4/h15-17,38H,5-14H2,1-4H3. The van der Waals surface area contributed by atoms with Crippen molar-refractivity contribution in [3.8, 4) is 0 Å². The van der Waals surface area contributed by atoms with E-state index in [1.807, 2.05) is 4.72 Å². The van der Waals surface area contributed by atoms with Crippen LogP contribution in [0.2, 0.25) is 0 Å². The zero-order valence-electron chi connectivity index (χ0n) is 23.3. The maximum Gasteiger partial charge on any atom is 0.422 e. The third kappa shape index (κ3) is 16.1. The first-order valence-corrected chi connectivity index (χ1v) is 14.3. The molecule has 0 fully saturated rings. The highest BCUT2D eigenvalue weighted by Gasteiger charge is 2.59. The van der Waals surface area contributed by atoms with Gasteiger partial charge in [0, 0.05) is 13.0 Å². The van der Waals surface area contributed by atoms with Crippen molar-refractivity contribution in [3.63, 3.8) is 0 Å². The summed E-state index contributed by atoms with van der Waals surface area (Å²) in [4.78, 5) is 1.70. The second-order valence-electron chi connectivity index (χ2n) is 11.2. The van der Waals surface area contributed by atoms with Crippen LogP contribution in [0.4, 0.5) is 61.5 Å². The molecule has 0 aliphatic carbocycles. The van der Waals surface area contributed by atoms with Gasteiger partial charge in [0.15, 0.2) is 0 Å². The van der Waals surface area contributed by atoms with Gasteiger partial charge in [0.25, 0.3) is 11.8 Å². The minimum atomic E-state index is -5.82. The molecule has 42 heavy (non-hydrogen) atoms.